The number of fused-ring (bicyclic) bond motifs is 1. The van der Waals surface area contributed by atoms with Crippen LogP contribution in [0.15, 0.2) is 35.7 Å². The minimum atomic E-state index is 0.231. The monoisotopic (exact) mass is 396 g/mol. The number of nitrogens with zero attached hydrogens (tertiary/aromatic N) is 4. The van der Waals surface area contributed by atoms with Crippen molar-refractivity contribution in [3.63, 3.8) is 0 Å². The third-order valence-electron chi connectivity index (χ3n) is 5.49. The van der Waals surface area contributed by atoms with E-state index in [1.54, 1.807) is 11.3 Å². The number of aromatic nitrogens is 2. The molecular weight excluding hydrogens is 368 g/mol. The van der Waals surface area contributed by atoms with Crippen molar-refractivity contribution in [3.8, 4) is 11.1 Å². The SMILES string of the molecule is COC1CN(c2nc(CN(C)C)nc3scc(-c4ccccc4)c23)CCC1C. The molecule has 0 N–H and O–H groups in total. The highest BCUT2D eigenvalue weighted by Gasteiger charge is 2.29. The molecule has 6 heteroatoms. The highest BCUT2D eigenvalue weighted by Crippen LogP contribution is 2.39. The number of thiophene rings is 1. The van der Waals surface area contributed by atoms with E-state index in [0.717, 1.165) is 42.5 Å². The van der Waals surface area contributed by atoms with Gasteiger partial charge in [0.1, 0.15) is 16.5 Å². The summed E-state index contributed by atoms with van der Waals surface area (Å²) in [5.41, 5.74) is 2.44. The van der Waals surface area contributed by atoms with Gasteiger partial charge < -0.3 is 14.5 Å². The van der Waals surface area contributed by atoms with Crippen molar-refractivity contribution in [3.05, 3.63) is 41.5 Å². The standard InChI is InChI=1S/C22H28N4OS/c1-15-10-11-26(12-18(15)27-4)21-20-17(16-8-6-5-7-9-16)14-28-22(20)24-19(23-21)13-25(2)3/h5-9,14-15,18H,10-13H2,1-4H3. The second kappa shape index (κ2) is 8.15. The van der Waals surface area contributed by atoms with Crippen molar-refractivity contribution in [2.45, 2.75) is 26.0 Å². The quantitative estimate of drug-likeness (QED) is 0.644. The Kier molecular flexibility index (Phi) is 5.62. The fourth-order valence-electron chi connectivity index (χ4n) is 3.91. The molecule has 28 heavy (non-hydrogen) atoms. The summed E-state index contributed by atoms with van der Waals surface area (Å²) in [7, 11) is 5.93. The number of rotatable bonds is 5. The van der Waals surface area contributed by atoms with E-state index < -0.39 is 0 Å². The molecule has 2 atom stereocenters. The lowest BCUT2D eigenvalue weighted by Crippen LogP contribution is -2.44. The molecule has 4 rings (SSSR count). The molecule has 1 fully saturated rings. The predicted octanol–water partition coefficient (Wildman–Crippen LogP) is 4.28. The summed E-state index contributed by atoms with van der Waals surface area (Å²) in [5, 5.41) is 3.39. The Labute approximate surface area is 171 Å². The molecule has 5 nitrogen and oxygen atoms in total. The summed E-state index contributed by atoms with van der Waals surface area (Å²) in [6, 6.07) is 10.6. The van der Waals surface area contributed by atoms with Gasteiger partial charge in [-0.1, -0.05) is 37.3 Å². The van der Waals surface area contributed by atoms with Crippen LogP contribution >= 0.6 is 11.3 Å². The lowest BCUT2D eigenvalue weighted by molar-refractivity contribution is 0.0497. The first-order chi connectivity index (χ1) is 13.6. The Morgan fingerprint density at radius 3 is 2.71 bits per heavy atom. The molecule has 0 spiro atoms. The summed E-state index contributed by atoms with van der Waals surface area (Å²) in [6.07, 6.45) is 1.34. The summed E-state index contributed by atoms with van der Waals surface area (Å²) in [4.78, 5) is 15.5. The molecule has 1 saturated heterocycles. The normalized spacial score (nSPS) is 20.2. The summed E-state index contributed by atoms with van der Waals surface area (Å²) in [5.74, 6) is 2.49. The summed E-state index contributed by atoms with van der Waals surface area (Å²) < 4.78 is 5.77. The van der Waals surface area contributed by atoms with Gasteiger partial charge in [0, 0.05) is 31.1 Å². The van der Waals surface area contributed by atoms with Gasteiger partial charge in [-0.2, -0.15) is 0 Å². The Hall–Kier alpha value is -2.02. The maximum Gasteiger partial charge on any atom is 0.146 e. The molecule has 0 amide bonds. The van der Waals surface area contributed by atoms with E-state index >= 15 is 0 Å². The van der Waals surface area contributed by atoms with E-state index in [1.165, 1.54) is 16.5 Å². The number of methoxy groups -OCH3 is 1. The second-order valence-corrected chi connectivity index (χ2v) is 8.74. The molecule has 0 radical (unpaired) electrons. The van der Waals surface area contributed by atoms with Crippen molar-refractivity contribution < 1.29 is 4.74 Å². The largest absolute Gasteiger partial charge is 0.379 e. The van der Waals surface area contributed by atoms with Gasteiger partial charge in [0.25, 0.3) is 0 Å². The van der Waals surface area contributed by atoms with Gasteiger partial charge in [-0.05, 0) is 32.0 Å². The number of hydrogen-bond acceptors (Lipinski definition) is 6. The molecule has 0 saturated carbocycles. The molecule has 2 unspecified atom stereocenters. The van der Waals surface area contributed by atoms with E-state index in [9.17, 15) is 0 Å². The molecule has 2 aromatic heterocycles. The minimum absolute atomic E-state index is 0.231. The molecule has 148 valence electrons. The van der Waals surface area contributed by atoms with Crippen LogP contribution in [-0.2, 0) is 11.3 Å². The van der Waals surface area contributed by atoms with Gasteiger partial charge in [-0.3, -0.25) is 0 Å². The molecule has 3 aromatic rings. The Balaban J connectivity index is 1.85. The summed E-state index contributed by atoms with van der Waals surface area (Å²) in [6.45, 7) is 4.88. The molecule has 3 heterocycles. The highest BCUT2D eigenvalue weighted by molar-refractivity contribution is 7.17. The zero-order valence-corrected chi connectivity index (χ0v) is 17.9. The van der Waals surface area contributed by atoms with Crippen LogP contribution in [0.1, 0.15) is 19.2 Å². The fourth-order valence-corrected chi connectivity index (χ4v) is 4.87. The van der Waals surface area contributed by atoms with E-state index in [0.29, 0.717) is 5.92 Å². The van der Waals surface area contributed by atoms with E-state index in [1.807, 2.05) is 7.11 Å². The van der Waals surface area contributed by atoms with Crippen LogP contribution in [0, 0.1) is 5.92 Å². The predicted molar refractivity (Wildman–Crippen MR) is 117 cm³/mol. The lowest BCUT2D eigenvalue weighted by atomic mass is 9.95. The summed E-state index contributed by atoms with van der Waals surface area (Å²) >= 11 is 1.71. The molecule has 1 aliphatic heterocycles. The zero-order chi connectivity index (χ0) is 19.7. The van der Waals surface area contributed by atoms with Gasteiger partial charge in [0.05, 0.1) is 18.0 Å². The van der Waals surface area contributed by atoms with Crippen LogP contribution in [0.2, 0.25) is 0 Å². The number of piperidine rings is 1. The van der Waals surface area contributed by atoms with Gasteiger partial charge in [0.15, 0.2) is 0 Å². The van der Waals surface area contributed by atoms with Crippen molar-refractivity contribution >= 4 is 27.4 Å². The van der Waals surface area contributed by atoms with Crippen molar-refractivity contribution in [2.75, 3.05) is 39.2 Å². The van der Waals surface area contributed by atoms with Crippen LogP contribution in [0.5, 0.6) is 0 Å². The molecular formula is C22H28N4OS. The average molecular weight is 397 g/mol. The average Bonchev–Trinajstić information content (AvgIpc) is 3.12. The van der Waals surface area contributed by atoms with Gasteiger partial charge in [-0.25, -0.2) is 9.97 Å². The third-order valence-corrected chi connectivity index (χ3v) is 6.37. The molecule has 1 aliphatic rings. The number of benzene rings is 1. The van der Waals surface area contributed by atoms with Gasteiger partial charge >= 0.3 is 0 Å². The lowest BCUT2D eigenvalue weighted by Gasteiger charge is -2.37. The topological polar surface area (TPSA) is 41.5 Å². The molecule has 0 bridgehead atoms. The van der Waals surface area contributed by atoms with Crippen LogP contribution in [-0.4, -0.2) is 55.3 Å². The minimum Gasteiger partial charge on any atom is -0.379 e. The number of hydrogen-bond donors (Lipinski definition) is 0. The van der Waals surface area contributed by atoms with E-state index in [4.69, 9.17) is 14.7 Å². The Bertz CT molecular complexity index is 940. The first-order valence-electron chi connectivity index (χ1n) is 9.83. The van der Waals surface area contributed by atoms with Crippen molar-refractivity contribution in [1.29, 1.82) is 0 Å². The molecule has 1 aromatic carbocycles. The fraction of sp³-hybridized carbons (Fsp3) is 0.455. The number of ether oxygens (including phenoxy) is 1. The number of anilines is 1. The first kappa shape index (κ1) is 19.3. The molecule has 0 aliphatic carbocycles. The van der Waals surface area contributed by atoms with Gasteiger partial charge in [0.2, 0.25) is 0 Å². The van der Waals surface area contributed by atoms with Crippen molar-refractivity contribution in [1.82, 2.24) is 14.9 Å². The maximum absolute atomic E-state index is 5.77. The van der Waals surface area contributed by atoms with Crippen LogP contribution < -0.4 is 4.90 Å². The van der Waals surface area contributed by atoms with Crippen LogP contribution in [0.3, 0.4) is 0 Å². The first-order valence-corrected chi connectivity index (χ1v) is 10.7. The van der Waals surface area contributed by atoms with E-state index in [-0.39, 0.29) is 6.10 Å². The Morgan fingerprint density at radius 2 is 2.00 bits per heavy atom. The third kappa shape index (κ3) is 3.77. The van der Waals surface area contributed by atoms with Crippen LogP contribution in [0.4, 0.5) is 5.82 Å². The van der Waals surface area contributed by atoms with Crippen molar-refractivity contribution in [2.24, 2.45) is 5.92 Å². The highest BCUT2D eigenvalue weighted by atomic mass is 32.1. The Morgan fingerprint density at radius 1 is 1.21 bits per heavy atom. The van der Waals surface area contributed by atoms with Gasteiger partial charge in [-0.15, -0.1) is 11.3 Å². The van der Waals surface area contributed by atoms with Crippen LogP contribution in [0.25, 0.3) is 21.3 Å². The second-order valence-electron chi connectivity index (χ2n) is 7.88. The maximum atomic E-state index is 5.77. The zero-order valence-electron chi connectivity index (χ0n) is 17.1. The van der Waals surface area contributed by atoms with E-state index in [2.05, 4.69) is 66.5 Å². The smallest absolute Gasteiger partial charge is 0.146 e.